The van der Waals surface area contributed by atoms with Gasteiger partial charge in [0.05, 0.1) is 19.1 Å². The predicted octanol–water partition coefficient (Wildman–Crippen LogP) is 2.97. The minimum atomic E-state index is -0.213. The van der Waals surface area contributed by atoms with Crippen LogP contribution in [0.3, 0.4) is 0 Å². The van der Waals surface area contributed by atoms with Crippen LogP contribution in [-0.4, -0.2) is 12.6 Å². The van der Waals surface area contributed by atoms with E-state index in [1.807, 2.05) is 6.07 Å². The normalized spacial score (nSPS) is 17.9. The van der Waals surface area contributed by atoms with E-state index in [-0.39, 0.29) is 12.4 Å². The van der Waals surface area contributed by atoms with Gasteiger partial charge in [-0.15, -0.1) is 0 Å². The van der Waals surface area contributed by atoms with E-state index in [2.05, 4.69) is 0 Å². The quantitative estimate of drug-likeness (QED) is 0.541. The van der Waals surface area contributed by atoms with Crippen molar-refractivity contribution < 1.29 is 9.53 Å². The third-order valence-corrected chi connectivity index (χ3v) is 3.03. The van der Waals surface area contributed by atoms with E-state index < -0.39 is 0 Å². The van der Waals surface area contributed by atoms with Gasteiger partial charge in [-0.05, 0) is 31.3 Å². The largest absolute Gasteiger partial charge is 0.466 e. The van der Waals surface area contributed by atoms with Crippen molar-refractivity contribution in [3.05, 3.63) is 11.6 Å². The molecule has 1 aliphatic carbocycles. The fourth-order valence-electron chi connectivity index (χ4n) is 2.25. The van der Waals surface area contributed by atoms with Gasteiger partial charge in [0.2, 0.25) is 0 Å². The van der Waals surface area contributed by atoms with Gasteiger partial charge in [-0.25, -0.2) is 0 Å². The second kappa shape index (κ2) is 7.05. The minimum absolute atomic E-state index is 0.213. The van der Waals surface area contributed by atoms with Crippen LogP contribution < -0.4 is 0 Å². The monoisotopic (exact) mass is 221 g/mol. The van der Waals surface area contributed by atoms with E-state index in [9.17, 15) is 4.79 Å². The first kappa shape index (κ1) is 12.8. The Balaban J connectivity index is 2.57. The summed E-state index contributed by atoms with van der Waals surface area (Å²) in [6, 6.07) is 2.04. The van der Waals surface area contributed by atoms with Crippen molar-refractivity contribution in [2.75, 3.05) is 6.61 Å². The molecule has 1 saturated carbocycles. The van der Waals surface area contributed by atoms with Crippen LogP contribution in [0.4, 0.5) is 0 Å². The number of nitriles is 1. The molecule has 3 heteroatoms. The second-order valence-corrected chi connectivity index (χ2v) is 4.17. The highest BCUT2D eigenvalue weighted by Gasteiger charge is 2.20. The van der Waals surface area contributed by atoms with Crippen molar-refractivity contribution in [2.45, 2.75) is 45.4 Å². The number of allylic oxidation sites excluding steroid dienone is 1. The maximum absolute atomic E-state index is 11.4. The number of rotatable bonds is 4. The molecule has 88 valence electrons. The summed E-state index contributed by atoms with van der Waals surface area (Å²) in [5, 5.41) is 8.73. The molecule has 0 aromatic heterocycles. The van der Waals surface area contributed by atoms with Crippen molar-refractivity contribution in [1.29, 1.82) is 5.26 Å². The van der Waals surface area contributed by atoms with E-state index >= 15 is 0 Å². The fraction of sp³-hybridized carbons (Fsp3) is 0.692. The zero-order valence-electron chi connectivity index (χ0n) is 9.87. The highest BCUT2D eigenvalue weighted by molar-refractivity contribution is 5.72. The van der Waals surface area contributed by atoms with Crippen LogP contribution in [0.5, 0.6) is 0 Å². The van der Waals surface area contributed by atoms with Crippen LogP contribution >= 0.6 is 0 Å². The second-order valence-electron chi connectivity index (χ2n) is 4.17. The number of esters is 1. The van der Waals surface area contributed by atoms with E-state index in [4.69, 9.17) is 10.00 Å². The molecular formula is C13H19NO2. The van der Waals surface area contributed by atoms with E-state index in [1.54, 1.807) is 6.92 Å². The molecule has 0 N–H and O–H groups in total. The standard InChI is InChI=1S/C13H19NO2/c1-2-16-13(15)10-12(8-9-14)11-6-4-3-5-7-11/h8,11H,2-7,10H2,1H3. The summed E-state index contributed by atoms with van der Waals surface area (Å²) in [6.07, 6.45) is 7.71. The Kier molecular flexibility index (Phi) is 5.63. The van der Waals surface area contributed by atoms with Gasteiger partial charge in [-0.2, -0.15) is 5.26 Å². The lowest BCUT2D eigenvalue weighted by atomic mass is 9.82. The van der Waals surface area contributed by atoms with Gasteiger partial charge in [-0.1, -0.05) is 19.3 Å². The molecule has 0 heterocycles. The molecule has 0 aromatic carbocycles. The lowest BCUT2D eigenvalue weighted by molar-refractivity contribution is -0.142. The number of hydrogen-bond donors (Lipinski definition) is 0. The van der Waals surface area contributed by atoms with Crippen molar-refractivity contribution in [3.8, 4) is 6.07 Å². The summed E-state index contributed by atoms with van der Waals surface area (Å²) in [6.45, 7) is 2.20. The molecule has 0 amide bonds. The van der Waals surface area contributed by atoms with Gasteiger partial charge in [0.1, 0.15) is 0 Å². The molecule has 1 rings (SSSR count). The minimum Gasteiger partial charge on any atom is -0.466 e. The molecule has 16 heavy (non-hydrogen) atoms. The van der Waals surface area contributed by atoms with Crippen molar-refractivity contribution in [2.24, 2.45) is 5.92 Å². The average Bonchev–Trinajstić information content (AvgIpc) is 2.30. The summed E-state index contributed by atoms with van der Waals surface area (Å²) in [5.74, 6) is 0.201. The van der Waals surface area contributed by atoms with Crippen LogP contribution in [-0.2, 0) is 9.53 Å². The zero-order chi connectivity index (χ0) is 11.8. The van der Waals surface area contributed by atoms with Gasteiger partial charge in [-0.3, -0.25) is 4.79 Å². The van der Waals surface area contributed by atoms with Crippen LogP contribution in [0, 0.1) is 17.2 Å². The van der Waals surface area contributed by atoms with Crippen LogP contribution in [0.25, 0.3) is 0 Å². The molecule has 0 unspecified atom stereocenters. The van der Waals surface area contributed by atoms with Crippen molar-refractivity contribution in [1.82, 2.24) is 0 Å². The number of nitrogens with zero attached hydrogens (tertiary/aromatic N) is 1. The third kappa shape index (κ3) is 4.06. The molecular weight excluding hydrogens is 202 g/mol. The zero-order valence-corrected chi connectivity index (χ0v) is 9.87. The number of ether oxygens (including phenoxy) is 1. The first-order valence-electron chi connectivity index (χ1n) is 6.02. The third-order valence-electron chi connectivity index (χ3n) is 3.03. The smallest absolute Gasteiger partial charge is 0.309 e. The Bertz CT molecular complexity index is 296. The SMILES string of the molecule is CCOC(=O)CC(=CC#N)C1CCCCC1. The first-order chi connectivity index (χ1) is 7.77. The van der Waals surface area contributed by atoms with Crippen molar-refractivity contribution in [3.63, 3.8) is 0 Å². The Morgan fingerprint density at radius 1 is 1.44 bits per heavy atom. The van der Waals surface area contributed by atoms with Crippen LogP contribution in [0.2, 0.25) is 0 Å². The predicted molar refractivity (Wildman–Crippen MR) is 61.5 cm³/mol. The lowest BCUT2D eigenvalue weighted by Gasteiger charge is -2.23. The maximum Gasteiger partial charge on any atom is 0.309 e. The summed E-state index contributed by atoms with van der Waals surface area (Å²) < 4.78 is 4.92. The van der Waals surface area contributed by atoms with Crippen molar-refractivity contribution >= 4 is 5.97 Å². The number of carbonyl (C=O) groups excluding carboxylic acids is 1. The van der Waals surface area contributed by atoms with E-state index in [0.29, 0.717) is 12.5 Å². The molecule has 0 aromatic rings. The fourth-order valence-corrected chi connectivity index (χ4v) is 2.25. The molecule has 0 spiro atoms. The summed E-state index contributed by atoms with van der Waals surface area (Å²) in [7, 11) is 0. The number of carbonyl (C=O) groups is 1. The Hall–Kier alpha value is -1.30. The topological polar surface area (TPSA) is 50.1 Å². The van der Waals surface area contributed by atoms with E-state index in [1.165, 1.54) is 25.3 Å². The van der Waals surface area contributed by atoms with Gasteiger partial charge in [0.25, 0.3) is 0 Å². The molecule has 0 aliphatic heterocycles. The van der Waals surface area contributed by atoms with Gasteiger partial charge < -0.3 is 4.74 Å². The Labute approximate surface area is 97.1 Å². The molecule has 0 bridgehead atoms. The molecule has 3 nitrogen and oxygen atoms in total. The summed E-state index contributed by atoms with van der Waals surface area (Å²) >= 11 is 0. The molecule has 0 saturated heterocycles. The highest BCUT2D eigenvalue weighted by atomic mass is 16.5. The van der Waals surface area contributed by atoms with Crippen LogP contribution in [0.1, 0.15) is 45.4 Å². The lowest BCUT2D eigenvalue weighted by Crippen LogP contribution is -2.14. The number of hydrogen-bond acceptors (Lipinski definition) is 3. The summed E-state index contributed by atoms with van der Waals surface area (Å²) in [5.41, 5.74) is 0.959. The first-order valence-corrected chi connectivity index (χ1v) is 6.02. The van der Waals surface area contributed by atoms with Gasteiger partial charge in [0, 0.05) is 6.08 Å². The Morgan fingerprint density at radius 2 is 2.12 bits per heavy atom. The molecule has 1 fully saturated rings. The average molecular weight is 221 g/mol. The molecule has 1 aliphatic rings. The maximum atomic E-state index is 11.4. The Morgan fingerprint density at radius 3 is 2.69 bits per heavy atom. The van der Waals surface area contributed by atoms with Gasteiger partial charge in [0.15, 0.2) is 0 Å². The van der Waals surface area contributed by atoms with Crippen LogP contribution in [0.15, 0.2) is 11.6 Å². The molecule has 0 atom stereocenters. The summed E-state index contributed by atoms with van der Waals surface area (Å²) in [4.78, 5) is 11.4. The van der Waals surface area contributed by atoms with E-state index in [0.717, 1.165) is 18.4 Å². The van der Waals surface area contributed by atoms with Gasteiger partial charge >= 0.3 is 5.97 Å². The molecule has 0 radical (unpaired) electrons. The highest BCUT2D eigenvalue weighted by Crippen LogP contribution is 2.31.